The summed E-state index contributed by atoms with van der Waals surface area (Å²) in [7, 11) is 2.17. The molecule has 1 aliphatic heterocycles. The number of hydrogen-bond donors (Lipinski definition) is 1. The van der Waals surface area contributed by atoms with Crippen LogP contribution in [0, 0.1) is 0 Å². The molecule has 1 aliphatic rings. The smallest absolute Gasteiger partial charge is 0.0328 e. The highest BCUT2D eigenvalue weighted by Gasteiger charge is 2.11. The molecule has 0 saturated carbocycles. The number of rotatable bonds is 5. The van der Waals surface area contributed by atoms with Crippen LogP contribution in [0.3, 0.4) is 0 Å². The van der Waals surface area contributed by atoms with E-state index in [9.17, 15) is 0 Å². The van der Waals surface area contributed by atoms with E-state index in [-0.39, 0.29) is 0 Å². The predicted octanol–water partition coefficient (Wildman–Crippen LogP) is 2.56. The van der Waals surface area contributed by atoms with E-state index in [4.69, 9.17) is 5.73 Å². The molecule has 0 bridgehead atoms. The summed E-state index contributed by atoms with van der Waals surface area (Å²) in [5, 5.41) is 0. The van der Waals surface area contributed by atoms with E-state index in [2.05, 4.69) is 44.9 Å². The third-order valence-corrected chi connectivity index (χ3v) is 3.89. The summed E-state index contributed by atoms with van der Waals surface area (Å²) in [5.41, 5.74) is 7.95. The minimum atomic E-state index is 0.826. The number of nitrogens with zero attached hydrogens (tertiary/aromatic N) is 2. The van der Waals surface area contributed by atoms with Crippen LogP contribution >= 0.6 is 15.9 Å². The zero-order chi connectivity index (χ0) is 13.0. The van der Waals surface area contributed by atoms with E-state index in [1.54, 1.807) is 0 Å². The van der Waals surface area contributed by atoms with Gasteiger partial charge in [-0.15, -0.1) is 0 Å². The maximum atomic E-state index is 5.85. The molecule has 0 amide bonds. The van der Waals surface area contributed by atoms with Crippen LogP contribution in [0.2, 0.25) is 0 Å². The summed E-state index contributed by atoms with van der Waals surface area (Å²) < 4.78 is 1.06. The van der Waals surface area contributed by atoms with E-state index < -0.39 is 0 Å². The number of likely N-dealkylation sites (N-methyl/N-ethyl adjacent to an activating group) is 1. The minimum Gasteiger partial charge on any atom is -0.399 e. The molecule has 1 heterocycles. The lowest BCUT2D eigenvalue weighted by Gasteiger charge is -2.21. The Morgan fingerprint density at radius 2 is 2.00 bits per heavy atom. The number of benzene rings is 1. The molecular weight excluding hydrogens is 290 g/mol. The Kier molecular flexibility index (Phi) is 5.03. The van der Waals surface area contributed by atoms with Gasteiger partial charge in [0, 0.05) is 29.8 Å². The maximum absolute atomic E-state index is 5.85. The van der Waals surface area contributed by atoms with Crippen LogP contribution in [0.25, 0.3) is 0 Å². The number of nitrogens with two attached hydrogens (primary N) is 1. The molecule has 1 aromatic carbocycles. The normalized spacial score (nSPS) is 16.6. The van der Waals surface area contributed by atoms with Crippen LogP contribution < -0.4 is 5.73 Å². The van der Waals surface area contributed by atoms with Crippen LogP contribution in [0.5, 0.6) is 0 Å². The first-order chi connectivity index (χ1) is 8.63. The van der Waals surface area contributed by atoms with Gasteiger partial charge in [0.15, 0.2) is 0 Å². The third kappa shape index (κ3) is 4.26. The summed E-state index contributed by atoms with van der Waals surface area (Å²) >= 11 is 3.49. The number of hydrogen-bond acceptors (Lipinski definition) is 3. The van der Waals surface area contributed by atoms with Gasteiger partial charge in [0.25, 0.3) is 0 Å². The van der Waals surface area contributed by atoms with E-state index in [0.29, 0.717) is 0 Å². The first kappa shape index (κ1) is 13.8. The Morgan fingerprint density at radius 1 is 1.28 bits per heavy atom. The van der Waals surface area contributed by atoms with E-state index in [1.165, 1.54) is 38.0 Å². The zero-order valence-electron chi connectivity index (χ0n) is 11.0. The average molecular weight is 312 g/mol. The van der Waals surface area contributed by atoms with E-state index in [0.717, 1.165) is 23.2 Å². The van der Waals surface area contributed by atoms with Crippen LogP contribution in [0.15, 0.2) is 22.7 Å². The highest BCUT2D eigenvalue weighted by molar-refractivity contribution is 9.10. The van der Waals surface area contributed by atoms with Crippen LogP contribution in [-0.4, -0.2) is 43.0 Å². The summed E-state index contributed by atoms with van der Waals surface area (Å²) in [6.07, 6.45) is 2.73. The minimum absolute atomic E-state index is 0.826. The van der Waals surface area contributed by atoms with Crippen LogP contribution in [0.1, 0.15) is 18.4 Å². The van der Waals surface area contributed by atoms with Gasteiger partial charge in [0.1, 0.15) is 0 Å². The Bertz CT molecular complexity index is 368. The summed E-state index contributed by atoms with van der Waals surface area (Å²) in [4.78, 5) is 4.91. The molecule has 0 radical (unpaired) electrons. The molecule has 0 aliphatic carbocycles. The highest BCUT2D eigenvalue weighted by atomic mass is 79.9. The Hall–Kier alpha value is -0.580. The quantitative estimate of drug-likeness (QED) is 0.848. The molecule has 1 saturated heterocycles. The van der Waals surface area contributed by atoms with Crippen molar-refractivity contribution in [3.63, 3.8) is 0 Å². The van der Waals surface area contributed by atoms with Gasteiger partial charge >= 0.3 is 0 Å². The topological polar surface area (TPSA) is 32.5 Å². The molecule has 3 nitrogen and oxygen atoms in total. The fourth-order valence-corrected chi connectivity index (χ4v) is 3.03. The first-order valence-corrected chi connectivity index (χ1v) is 7.38. The standard InChI is InChI=1S/C14H22BrN3/c1-17(6-7-18-4-2-3-5-18)11-12-8-13(15)10-14(16)9-12/h8-10H,2-7,11,16H2,1H3. The summed E-state index contributed by atoms with van der Waals surface area (Å²) in [6, 6.07) is 6.13. The number of likely N-dealkylation sites (tertiary alicyclic amines) is 1. The maximum Gasteiger partial charge on any atom is 0.0328 e. The van der Waals surface area contributed by atoms with Gasteiger partial charge in [-0.25, -0.2) is 0 Å². The van der Waals surface area contributed by atoms with Gasteiger partial charge in [0.2, 0.25) is 0 Å². The molecule has 18 heavy (non-hydrogen) atoms. The zero-order valence-corrected chi connectivity index (χ0v) is 12.6. The fourth-order valence-electron chi connectivity index (χ4n) is 2.48. The molecule has 2 rings (SSSR count). The molecule has 0 unspecified atom stereocenters. The lowest BCUT2D eigenvalue weighted by atomic mass is 10.2. The molecule has 1 aromatic rings. The molecule has 4 heteroatoms. The van der Waals surface area contributed by atoms with Gasteiger partial charge in [0.05, 0.1) is 0 Å². The van der Waals surface area contributed by atoms with Gasteiger partial charge in [-0.1, -0.05) is 15.9 Å². The molecule has 0 aromatic heterocycles. The Balaban J connectivity index is 1.80. The molecule has 1 fully saturated rings. The fraction of sp³-hybridized carbons (Fsp3) is 0.571. The molecule has 100 valence electrons. The van der Waals surface area contributed by atoms with Gasteiger partial charge < -0.3 is 15.5 Å². The third-order valence-electron chi connectivity index (χ3n) is 3.43. The van der Waals surface area contributed by atoms with Crippen molar-refractivity contribution in [1.82, 2.24) is 9.80 Å². The largest absolute Gasteiger partial charge is 0.399 e. The van der Waals surface area contributed by atoms with Crippen molar-refractivity contribution < 1.29 is 0 Å². The van der Waals surface area contributed by atoms with Crippen molar-refractivity contribution in [2.45, 2.75) is 19.4 Å². The molecule has 0 spiro atoms. The van der Waals surface area contributed by atoms with Gasteiger partial charge in [-0.05, 0) is 56.7 Å². The van der Waals surface area contributed by atoms with Crippen molar-refractivity contribution in [1.29, 1.82) is 0 Å². The average Bonchev–Trinajstić information content (AvgIpc) is 2.77. The lowest BCUT2D eigenvalue weighted by molar-refractivity contribution is 0.252. The van der Waals surface area contributed by atoms with Crippen molar-refractivity contribution in [2.24, 2.45) is 0 Å². The number of halogens is 1. The number of anilines is 1. The number of nitrogen functional groups attached to an aromatic ring is 1. The predicted molar refractivity (Wildman–Crippen MR) is 80.6 cm³/mol. The lowest BCUT2D eigenvalue weighted by Crippen LogP contribution is -2.31. The molecule has 2 N–H and O–H groups in total. The summed E-state index contributed by atoms with van der Waals surface area (Å²) in [5.74, 6) is 0. The van der Waals surface area contributed by atoms with E-state index in [1.807, 2.05) is 6.07 Å². The van der Waals surface area contributed by atoms with Crippen molar-refractivity contribution in [3.05, 3.63) is 28.2 Å². The monoisotopic (exact) mass is 311 g/mol. The second-order valence-corrected chi connectivity index (χ2v) is 6.10. The summed E-state index contributed by atoms with van der Waals surface area (Å²) in [6.45, 7) is 5.80. The first-order valence-electron chi connectivity index (χ1n) is 6.59. The van der Waals surface area contributed by atoms with Gasteiger partial charge in [-0.2, -0.15) is 0 Å². The van der Waals surface area contributed by atoms with Crippen molar-refractivity contribution in [2.75, 3.05) is 39.0 Å². The SMILES string of the molecule is CN(CCN1CCCC1)Cc1cc(N)cc(Br)c1. The Morgan fingerprint density at radius 3 is 2.67 bits per heavy atom. The second kappa shape index (κ2) is 6.55. The highest BCUT2D eigenvalue weighted by Crippen LogP contribution is 2.18. The molecule has 0 atom stereocenters. The Labute approximate surface area is 118 Å². The van der Waals surface area contributed by atoms with Crippen molar-refractivity contribution >= 4 is 21.6 Å². The van der Waals surface area contributed by atoms with Crippen molar-refractivity contribution in [3.8, 4) is 0 Å². The van der Waals surface area contributed by atoms with Crippen LogP contribution in [-0.2, 0) is 6.54 Å². The van der Waals surface area contributed by atoms with E-state index >= 15 is 0 Å². The van der Waals surface area contributed by atoms with Gasteiger partial charge in [-0.3, -0.25) is 0 Å². The van der Waals surface area contributed by atoms with Crippen LogP contribution in [0.4, 0.5) is 5.69 Å². The molecular formula is C14H22BrN3. The second-order valence-electron chi connectivity index (χ2n) is 5.18.